The van der Waals surface area contributed by atoms with Crippen LogP contribution in [0.1, 0.15) is 31.4 Å². The average molecular weight is 334 g/mol. The standard InChI is InChI=1S/C22H26N2O/c1-3-23-15-14-20-12-10-18(16-21(20)23)11-13-22(25)24(4-2)17-19-8-6-5-7-9-19/h5-10,12,14-16H,3-4,11,13,17H2,1-2H3. The molecule has 0 N–H and O–H groups in total. The minimum atomic E-state index is 0.220. The van der Waals surface area contributed by atoms with E-state index in [4.69, 9.17) is 0 Å². The van der Waals surface area contributed by atoms with Crippen LogP contribution >= 0.6 is 0 Å². The van der Waals surface area contributed by atoms with Crippen molar-refractivity contribution < 1.29 is 4.79 Å². The predicted octanol–water partition coefficient (Wildman–Crippen LogP) is 4.64. The maximum absolute atomic E-state index is 12.6. The minimum absolute atomic E-state index is 0.220. The summed E-state index contributed by atoms with van der Waals surface area (Å²) in [5.41, 5.74) is 3.66. The molecular formula is C22H26N2O. The monoisotopic (exact) mass is 334 g/mol. The number of aromatic nitrogens is 1. The summed E-state index contributed by atoms with van der Waals surface area (Å²) < 4.78 is 2.24. The molecule has 2 aromatic carbocycles. The van der Waals surface area contributed by atoms with Gasteiger partial charge in [-0.1, -0.05) is 42.5 Å². The van der Waals surface area contributed by atoms with Crippen molar-refractivity contribution in [3.8, 4) is 0 Å². The van der Waals surface area contributed by atoms with Gasteiger partial charge in [0.2, 0.25) is 5.91 Å². The highest BCUT2D eigenvalue weighted by atomic mass is 16.2. The molecule has 3 heteroatoms. The van der Waals surface area contributed by atoms with E-state index in [1.807, 2.05) is 30.0 Å². The Labute approximate surface area is 149 Å². The Bertz CT molecular complexity index is 836. The van der Waals surface area contributed by atoms with Crippen LogP contribution in [-0.2, 0) is 24.3 Å². The number of hydrogen-bond donors (Lipinski definition) is 0. The van der Waals surface area contributed by atoms with E-state index in [0.717, 1.165) is 19.5 Å². The molecule has 0 aliphatic rings. The van der Waals surface area contributed by atoms with Gasteiger partial charge in [-0.25, -0.2) is 0 Å². The van der Waals surface area contributed by atoms with E-state index in [0.29, 0.717) is 13.0 Å². The number of hydrogen-bond acceptors (Lipinski definition) is 1. The lowest BCUT2D eigenvalue weighted by Crippen LogP contribution is -2.30. The van der Waals surface area contributed by atoms with Crippen LogP contribution in [0.4, 0.5) is 0 Å². The highest BCUT2D eigenvalue weighted by Gasteiger charge is 2.12. The summed E-state index contributed by atoms with van der Waals surface area (Å²) in [6.07, 6.45) is 3.46. The second-order valence-electron chi connectivity index (χ2n) is 6.39. The van der Waals surface area contributed by atoms with Crippen molar-refractivity contribution in [3.63, 3.8) is 0 Å². The van der Waals surface area contributed by atoms with Gasteiger partial charge in [-0.2, -0.15) is 0 Å². The number of nitrogens with zero attached hydrogens (tertiary/aromatic N) is 2. The van der Waals surface area contributed by atoms with Crippen LogP contribution in [0.5, 0.6) is 0 Å². The third kappa shape index (κ3) is 4.11. The average Bonchev–Trinajstić information content (AvgIpc) is 3.07. The van der Waals surface area contributed by atoms with Crippen molar-refractivity contribution in [2.75, 3.05) is 6.54 Å². The third-order valence-electron chi connectivity index (χ3n) is 4.76. The number of carbonyl (C=O) groups excluding carboxylic acids is 1. The van der Waals surface area contributed by atoms with E-state index < -0.39 is 0 Å². The topological polar surface area (TPSA) is 25.2 Å². The summed E-state index contributed by atoms with van der Waals surface area (Å²) in [7, 11) is 0. The number of fused-ring (bicyclic) bond motifs is 1. The lowest BCUT2D eigenvalue weighted by atomic mass is 10.1. The fraction of sp³-hybridized carbons (Fsp3) is 0.318. The molecule has 25 heavy (non-hydrogen) atoms. The van der Waals surface area contributed by atoms with Crippen molar-refractivity contribution in [3.05, 3.63) is 71.9 Å². The van der Waals surface area contributed by atoms with Gasteiger partial charge in [-0.05, 0) is 48.9 Å². The molecule has 1 heterocycles. The molecule has 1 aromatic heterocycles. The van der Waals surface area contributed by atoms with Crippen molar-refractivity contribution in [2.24, 2.45) is 0 Å². The molecule has 0 unspecified atom stereocenters. The van der Waals surface area contributed by atoms with Crippen LogP contribution < -0.4 is 0 Å². The molecule has 3 rings (SSSR count). The highest BCUT2D eigenvalue weighted by molar-refractivity contribution is 5.81. The van der Waals surface area contributed by atoms with Gasteiger partial charge in [0.15, 0.2) is 0 Å². The van der Waals surface area contributed by atoms with E-state index in [1.54, 1.807) is 0 Å². The molecule has 0 spiro atoms. The summed E-state index contributed by atoms with van der Waals surface area (Å²) in [5, 5.41) is 1.26. The Balaban J connectivity index is 1.64. The first-order chi connectivity index (χ1) is 12.2. The van der Waals surface area contributed by atoms with Gasteiger partial charge >= 0.3 is 0 Å². The van der Waals surface area contributed by atoms with Crippen LogP contribution in [-0.4, -0.2) is 21.9 Å². The number of aryl methyl sites for hydroxylation is 2. The Morgan fingerprint density at radius 3 is 2.52 bits per heavy atom. The van der Waals surface area contributed by atoms with Crippen molar-refractivity contribution in [1.82, 2.24) is 9.47 Å². The molecule has 0 atom stereocenters. The van der Waals surface area contributed by atoms with Gasteiger partial charge in [-0.3, -0.25) is 4.79 Å². The zero-order chi connectivity index (χ0) is 17.6. The van der Waals surface area contributed by atoms with Crippen molar-refractivity contribution in [1.29, 1.82) is 0 Å². The molecule has 0 fully saturated rings. The second kappa shape index (κ2) is 8.02. The molecule has 0 radical (unpaired) electrons. The van der Waals surface area contributed by atoms with Gasteiger partial charge in [0, 0.05) is 37.8 Å². The molecule has 3 nitrogen and oxygen atoms in total. The van der Waals surface area contributed by atoms with Crippen LogP contribution in [0.2, 0.25) is 0 Å². The quantitative estimate of drug-likeness (QED) is 0.618. The number of benzene rings is 2. The zero-order valence-electron chi connectivity index (χ0n) is 15.1. The van der Waals surface area contributed by atoms with Gasteiger partial charge in [-0.15, -0.1) is 0 Å². The van der Waals surface area contributed by atoms with E-state index >= 15 is 0 Å². The van der Waals surface area contributed by atoms with E-state index in [9.17, 15) is 4.79 Å². The molecule has 1 amide bonds. The summed E-state index contributed by atoms with van der Waals surface area (Å²) in [5.74, 6) is 0.220. The Morgan fingerprint density at radius 2 is 1.80 bits per heavy atom. The number of amides is 1. The first-order valence-corrected chi connectivity index (χ1v) is 9.10. The first kappa shape index (κ1) is 17.3. The summed E-state index contributed by atoms with van der Waals surface area (Å²) in [6.45, 7) is 6.59. The van der Waals surface area contributed by atoms with Gasteiger partial charge in [0.25, 0.3) is 0 Å². The maximum Gasteiger partial charge on any atom is 0.223 e. The molecule has 0 saturated heterocycles. The second-order valence-corrected chi connectivity index (χ2v) is 6.39. The molecule has 0 bridgehead atoms. The summed E-state index contributed by atoms with van der Waals surface area (Å²) >= 11 is 0. The number of carbonyl (C=O) groups is 1. The largest absolute Gasteiger partial charge is 0.348 e. The Morgan fingerprint density at radius 1 is 1.00 bits per heavy atom. The van der Waals surface area contributed by atoms with Crippen LogP contribution in [0, 0.1) is 0 Å². The normalized spacial score (nSPS) is 11.0. The lowest BCUT2D eigenvalue weighted by Gasteiger charge is -2.21. The molecule has 130 valence electrons. The molecular weight excluding hydrogens is 308 g/mol. The van der Waals surface area contributed by atoms with Gasteiger partial charge < -0.3 is 9.47 Å². The Kier molecular flexibility index (Phi) is 5.54. The summed E-state index contributed by atoms with van der Waals surface area (Å²) in [4.78, 5) is 14.5. The van der Waals surface area contributed by atoms with E-state index in [1.165, 1.54) is 22.0 Å². The lowest BCUT2D eigenvalue weighted by molar-refractivity contribution is -0.131. The molecule has 0 aliphatic heterocycles. The van der Waals surface area contributed by atoms with Crippen LogP contribution in [0.3, 0.4) is 0 Å². The first-order valence-electron chi connectivity index (χ1n) is 9.10. The Hall–Kier alpha value is -2.55. The molecule has 0 saturated carbocycles. The van der Waals surface area contributed by atoms with Crippen molar-refractivity contribution >= 4 is 16.8 Å². The fourth-order valence-electron chi connectivity index (χ4n) is 3.25. The molecule has 3 aromatic rings. The van der Waals surface area contributed by atoms with Crippen LogP contribution in [0.25, 0.3) is 10.9 Å². The highest BCUT2D eigenvalue weighted by Crippen LogP contribution is 2.19. The van der Waals surface area contributed by atoms with Gasteiger partial charge in [0.1, 0.15) is 0 Å². The predicted molar refractivity (Wildman–Crippen MR) is 103 cm³/mol. The smallest absolute Gasteiger partial charge is 0.223 e. The third-order valence-corrected chi connectivity index (χ3v) is 4.76. The van der Waals surface area contributed by atoms with E-state index in [-0.39, 0.29) is 5.91 Å². The summed E-state index contributed by atoms with van der Waals surface area (Å²) in [6, 6.07) is 18.9. The molecule has 0 aliphatic carbocycles. The van der Waals surface area contributed by atoms with Crippen LogP contribution in [0.15, 0.2) is 60.8 Å². The van der Waals surface area contributed by atoms with Gasteiger partial charge in [0.05, 0.1) is 0 Å². The zero-order valence-corrected chi connectivity index (χ0v) is 15.1. The maximum atomic E-state index is 12.6. The minimum Gasteiger partial charge on any atom is -0.348 e. The number of rotatable bonds is 7. The SMILES string of the molecule is CCN(Cc1ccccc1)C(=O)CCc1ccc2ccn(CC)c2c1. The fourth-order valence-corrected chi connectivity index (χ4v) is 3.25. The van der Waals surface area contributed by atoms with E-state index in [2.05, 4.69) is 54.1 Å². The van der Waals surface area contributed by atoms with Crippen molar-refractivity contribution in [2.45, 2.75) is 39.8 Å².